The zero-order valence-corrected chi connectivity index (χ0v) is 14.3. The van der Waals surface area contributed by atoms with Crippen molar-refractivity contribution in [2.45, 2.75) is 13.0 Å². The van der Waals surface area contributed by atoms with E-state index >= 15 is 0 Å². The largest absolute Gasteiger partial charge is 0.449 e. The van der Waals surface area contributed by atoms with Crippen LogP contribution in [0.15, 0.2) is 60.7 Å². The Morgan fingerprint density at radius 3 is 2.60 bits per heavy atom. The summed E-state index contributed by atoms with van der Waals surface area (Å²) in [5.74, 6) is -0.970. The van der Waals surface area contributed by atoms with Crippen molar-refractivity contribution in [1.82, 2.24) is 4.98 Å². The molecule has 0 aliphatic rings. The van der Waals surface area contributed by atoms with E-state index in [1.807, 2.05) is 42.5 Å². The predicted molar refractivity (Wildman–Crippen MR) is 99.3 cm³/mol. The minimum Gasteiger partial charge on any atom is -0.449 e. The highest BCUT2D eigenvalue weighted by atomic mass is 32.1. The molecule has 0 bridgehead atoms. The average molecular weight is 352 g/mol. The van der Waals surface area contributed by atoms with Crippen molar-refractivity contribution >= 4 is 45.2 Å². The van der Waals surface area contributed by atoms with Crippen LogP contribution in [0.2, 0.25) is 0 Å². The number of rotatable bonds is 5. The average Bonchev–Trinajstić information content (AvgIpc) is 3.04. The van der Waals surface area contributed by atoms with Gasteiger partial charge < -0.3 is 10.1 Å². The fourth-order valence-electron chi connectivity index (χ4n) is 2.13. The number of fused-ring (bicyclic) bond motifs is 1. The second-order valence-electron chi connectivity index (χ2n) is 5.29. The Balaban J connectivity index is 1.56. The van der Waals surface area contributed by atoms with Crippen LogP contribution in [0.3, 0.4) is 0 Å². The van der Waals surface area contributed by atoms with Gasteiger partial charge in [0.25, 0.3) is 5.91 Å². The molecule has 5 nitrogen and oxygen atoms in total. The van der Waals surface area contributed by atoms with Gasteiger partial charge in [0, 0.05) is 11.8 Å². The van der Waals surface area contributed by atoms with Crippen LogP contribution in [-0.4, -0.2) is 23.0 Å². The number of amides is 1. The molecule has 1 atom stereocenters. The maximum Gasteiger partial charge on any atom is 0.331 e. The fraction of sp³-hybridized carbons (Fsp3) is 0.105. The number of benzene rings is 2. The number of carbonyl (C=O) groups is 2. The number of thiazole rings is 1. The van der Waals surface area contributed by atoms with E-state index in [-0.39, 0.29) is 5.91 Å². The zero-order valence-electron chi connectivity index (χ0n) is 13.5. The lowest BCUT2D eigenvalue weighted by Crippen LogP contribution is -2.29. The summed E-state index contributed by atoms with van der Waals surface area (Å²) in [6.45, 7) is 1.53. The van der Waals surface area contributed by atoms with Gasteiger partial charge in [0.15, 0.2) is 6.10 Å². The summed E-state index contributed by atoms with van der Waals surface area (Å²) in [6.07, 6.45) is 1.98. The van der Waals surface area contributed by atoms with Crippen LogP contribution in [0.25, 0.3) is 16.3 Å². The van der Waals surface area contributed by atoms with Crippen molar-refractivity contribution in [3.63, 3.8) is 0 Å². The number of ether oxygens (including phenoxy) is 1. The smallest absolute Gasteiger partial charge is 0.331 e. The summed E-state index contributed by atoms with van der Waals surface area (Å²) in [4.78, 5) is 28.3. The molecule has 0 saturated carbocycles. The molecular formula is C19H16N2O3S. The summed E-state index contributed by atoms with van der Waals surface area (Å²) in [6, 6.07) is 16.7. The van der Waals surface area contributed by atoms with Gasteiger partial charge in [-0.15, -0.1) is 11.3 Å². The van der Waals surface area contributed by atoms with Gasteiger partial charge in [0.2, 0.25) is 0 Å². The third kappa shape index (κ3) is 4.51. The minimum absolute atomic E-state index is 0.382. The summed E-state index contributed by atoms with van der Waals surface area (Å²) < 4.78 is 6.17. The number of aromatic nitrogens is 1. The Morgan fingerprint density at radius 2 is 1.84 bits per heavy atom. The van der Waals surface area contributed by atoms with Gasteiger partial charge in [0.05, 0.1) is 10.2 Å². The van der Waals surface area contributed by atoms with Crippen LogP contribution in [0.1, 0.15) is 11.9 Å². The highest BCUT2D eigenvalue weighted by Gasteiger charge is 2.16. The lowest BCUT2D eigenvalue weighted by atomic mass is 10.3. The first-order valence-electron chi connectivity index (χ1n) is 7.72. The molecule has 0 radical (unpaired) electrons. The Bertz CT molecular complexity index is 886. The van der Waals surface area contributed by atoms with Gasteiger partial charge in [-0.1, -0.05) is 30.3 Å². The molecule has 1 heterocycles. The molecule has 3 rings (SSSR count). The Labute approximate surface area is 149 Å². The van der Waals surface area contributed by atoms with Crippen molar-refractivity contribution in [3.05, 3.63) is 65.7 Å². The Morgan fingerprint density at radius 1 is 1.12 bits per heavy atom. The van der Waals surface area contributed by atoms with Gasteiger partial charge in [-0.25, -0.2) is 9.78 Å². The Hall–Kier alpha value is -2.99. The van der Waals surface area contributed by atoms with Crippen molar-refractivity contribution in [2.24, 2.45) is 0 Å². The number of hydrogen-bond acceptors (Lipinski definition) is 5. The van der Waals surface area contributed by atoms with E-state index in [2.05, 4.69) is 10.3 Å². The van der Waals surface area contributed by atoms with E-state index < -0.39 is 12.1 Å². The van der Waals surface area contributed by atoms with E-state index in [1.54, 1.807) is 18.2 Å². The van der Waals surface area contributed by atoms with Crippen LogP contribution in [0, 0.1) is 0 Å². The summed E-state index contributed by atoms with van der Waals surface area (Å²) in [5.41, 5.74) is 1.54. The maximum atomic E-state index is 12.0. The first kappa shape index (κ1) is 16.9. The third-order valence-corrected chi connectivity index (χ3v) is 4.38. The SMILES string of the molecule is CC(OC(=O)/C=C/c1nc2ccccc2s1)C(=O)Nc1ccccc1. The molecule has 0 aliphatic heterocycles. The third-order valence-electron chi connectivity index (χ3n) is 3.38. The van der Waals surface area contributed by atoms with Gasteiger partial charge in [-0.05, 0) is 37.3 Å². The predicted octanol–water partition coefficient (Wildman–Crippen LogP) is 3.88. The molecule has 1 aromatic heterocycles. The first-order chi connectivity index (χ1) is 12.1. The molecule has 0 saturated heterocycles. The number of anilines is 1. The highest BCUT2D eigenvalue weighted by molar-refractivity contribution is 7.19. The number of nitrogens with zero attached hydrogens (tertiary/aromatic N) is 1. The van der Waals surface area contributed by atoms with Crippen LogP contribution in [0.4, 0.5) is 5.69 Å². The molecule has 0 spiro atoms. The molecule has 0 aliphatic carbocycles. The van der Waals surface area contributed by atoms with Crippen molar-refractivity contribution in [2.75, 3.05) is 5.32 Å². The minimum atomic E-state index is -0.896. The van der Waals surface area contributed by atoms with E-state index in [1.165, 1.54) is 24.3 Å². The molecule has 126 valence electrons. The van der Waals surface area contributed by atoms with E-state index in [0.29, 0.717) is 10.7 Å². The van der Waals surface area contributed by atoms with Crippen molar-refractivity contribution < 1.29 is 14.3 Å². The van der Waals surface area contributed by atoms with Crippen molar-refractivity contribution in [1.29, 1.82) is 0 Å². The van der Waals surface area contributed by atoms with Crippen LogP contribution >= 0.6 is 11.3 Å². The topological polar surface area (TPSA) is 68.3 Å². The van der Waals surface area contributed by atoms with E-state index in [4.69, 9.17) is 4.74 Å². The monoisotopic (exact) mass is 352 g/mol. The van der Waals surface area contributed by atoms with Gasteiger partial charge >= 0.3 is 5.97 Å². The van der Waals surface area contributed by atoms with Crippen LogP contribution < -0.4 is 5.32 Å². The second-order valence-corrected chi connectivity index (χ2v) is 6.35. The van der Waals surface area contributed by atoms with E-state index in [9.17, 15) is 9.59 Å². The fourth-order valence-corrected chi connectivity index (χ4v) is 3.00. The van der Waals surface area contributed by atoms with Crippen molar-refractivity contribution in [3.8, 4) is 0 Å². The molecule has 1 amide bonds. The maximum absolute atomic E-state index is 12.0. The number of carbonyl (C=O) groups excluding carboxylic acids is 2. The van der Waals surface area contributed by atoms with Crippen LogP contribution in [-0.2, 0) is 14.3 Å². The molecule has 2 aromatic carbocycles. The lowest BCUT2D eigenvalue weighted by Gasteiger charge is -2.12. The molecular weight excluding hydrogens is 336 g/mol. The number of hydrogen-bond donors (Lipinski definition) is 1. The van der Waals surface area contributed by atoms with Gasteiger partial charge in [-0.3, -0.25) is 4.79 Å². The molecule has 25 heavy (non-hydrogen) atoms. The number of esters is 1. The summed E-state index contributed by atoms with van der Waals surface area (Å²) in [5, 5.41) is 3.40. The van der Waals surface area contributed by atoms with Gasteiger partial charge in [-0.2, -0.15) is 0 Å². The molecule has 1 N–H and O–H groups in total. The highest BCUT2D eigenvalue weighted by Crippen LogP contribution is 2.22. The normalized spacial score (nSPS) is 12.2. The Kier molecular flexibility index (Phi) is 5.20. The number of para-hydroxylation sites is 2. The molecule has 0 fully saturated rings. The number of nitrogens with one attached hydrogen (secondary N) is 1. The zero-order chi connectivity index (χ0) is 17.6. The molecule has 6 heteroatoms. The molecule has 1 unspecified atom stereocenters. The van der Waals surface area contributed by atoms with E-state index in [0.717, 1.165) is 10.2 Å². The second kappa shape index (κ2) is 7.72. The standard InChI is InChI=1S/C19H16N2O3S/c1-13(19(23)20-14-7-3-2-4-8-14)24-18(22)12-11-17-21-15-9-5-6-10-16(15)25-17/h2-13H,1H3,(H,20,23)/b12-11+. The summed E-state index contributed by atoms with van der Waals surface area (Å²) in [7, 11) is 0. The molecule has 3 aromatic rings. The quantitative estimate of drug-likeness (QED) is 0.559. The first-order valence-corrected chi connectivity index (χ1v) is 8.53. The summed E-state index contributed by atoms with van der Waals surface area (Å²) >= 11 is 1.48. The van der Waals surface area contributed by atoms with Gasteiger partial charge in [0.1, 0.15) is 5.01 Å². The lowest BCUT2D eigenvalue weighted by molar-refractivity contribution is -0.148. The van der Waals surface area contributed by atoms with Crippen LogP contribution in [0.5, 0.6) is 0 Å².